The van der Waals surface area contributed by atoms with E-state index in [1.165, 1.54) is 6.07 Å². The molecule has 0 heterocycles. The third kappa shape index (κ3) is 4.42. The van der Waals surface area contributed by atoms with Gasteiger partial charge in [-0.2, -0.15) is 13.2 Å². The normalized spacial score (nSPS) is 11.6. The lowest BCUT2D eigenvalue weighted by Crippen LogP contribution is -2.13. The Balaban J connectivity index is 2.53. The van der Waals surface area contributed by atoms with Crippen molar-refractivity contribution in [2.45, 2.75) is 6.18 Å². The number of anilines is 2. The first-order chi connectivity index (χ1) is 8.45. The lowest BCUT2D eigenvalue weighted by Gasteiger charge is -2.12. The number of hydrogen-bond donors (Lipinski definition) is 3. The summed E-state index contributed by atoms with van der Waals surface area (Å²) >= 11 is 0. The first-order valence-electron chi connectivity index (χ1n) is 5.34. The molecule has 0 amide bonds. The van der Waals surface area contributed by atoms with Crippen LogP contribution in [0.15, 0.2) is 18.2 Å². The summed E-state index contributed by atoms with van der Waals surface area (Å²) in [6, 6.07) is 3.13. The molecule has 0 radical (unpaired) electrons. The van der Waals surface area contributed by atoms with Gasteiger partial charge in [0.25, 0.3) is 0 Å². The van der Waals surface area contributed by atoms with Crippen LogP contribution in [0.2, 0.25) is 0 Å². The van der Waals surface area contributed by atoms with Crippen LogP contribution in [0.25, 0.3) is 0 Å². The van der Waals surface area contributed by atoms with Gasteiger partial charge in [0.2, 0.25) is 0 Å². The van der Waals surface area contributed by atoms with Crippen molar-refractivity contribution in [1.82, 2.24) is 0 Å². The molecule has 1 aromatic carbocycles. The molecule has 0 aliphatic rings. The van der Waals surface area contributed by atoms with E-state index in [2.05, 4.69) is 5.32 Å². The number of ether oxygens (including phenoxy) is 1. The Morgan fingerprint density at radius 3 is 2.56 bits per heavy atom. The van der Waals surface area contributed by atoms with Crippen molar-refractivity contribution in [2.75, 3.05) is 37.4 Å². The third-order valence-electron chi connectivity index (χ3n) is 2.18. The molecule has 0 atom stereocenters. The molecule has 0 aliphatic carbocycles. The monoisotopic (exact) mass is 264 g/mol. The summed E-state index contributed by atoms with van der Waals surface area (Å²) in [6.07, 6.45) is -4.39. The van der Waals surface area contributed by atoms with E-state index in [0.717, 1.165) is 12.1 Å². The van der Waals surface area contributed by atoms with Gasteiger partial charge in [-0.3, -0.25) is 0 Å². The van der Waals surface area contributed by atoms with E-state index in [9.17, 15) is 13.2 Å². The minimum atomic E-state index is -4.39. The lowest BCUT2D eigenvalue weighted by atomic mass is 10.1. The Kier molecular flexibility index (Phi) is 5.24. The molecule has 0 saturated carbocycles. The van der Waals surface area contributed by atoms with Crippen LogP contribution in [-0.2, 0) is 10.9 Å². The van der Waals surface area contributed by atoms with Crippen molar-refractivity contribution in [3.05, 3.63) is 23.8 Å². The SMILES string of the molecule is Nc1cc(C(F)(F)F)ccc1NCCOCCO. The first-order valence-corrected chi connectivity index (χ1v) is 5.34. The highest BCUT2D eigenvalue weighted by atomic mass is 19.4. The van der Waals surface area contributed by atoms with Crippen LogP contribution in [0.4, 0.5) is 24.5 Å². The van der Waals surface area contributed by atoms with E-state index in [4.69, 9.17) is 15.6 Å². The minimum Gasteiger partial charge on any atom is -0.397 e. The van der Waals surface area contributed by atoms with Crippen LogP contribution in [-0.4, -0.2) is 31.5 Å². The van der Waals surface area contributed by atoms with E-state index in [-0.39, 0.29) is 18.9 Å². The smallest absolute Gasteiger partial charge is 0.397 e. The molecular formula is C11H15F3N2O2. The summed E-state index contributed by atoms with van der Waals surface area (Å²) in [7, 11) is 0. The van der Waals surface area contributed by atoms with Gasteiger partial charge in [-0.25, -0.2) is 0 Å². The second kappa shape index (κ2) is 6.46. The van der Waals surface area contributed by atoms with E-state index in [1.807, 2.05) is 0 Å². The van der Waals surface area contributed by atoms with Crippen LogP contribution in [0.3, 0.4) is 0 Å². The molecule has 0 fully saturated rings. The van der Waals surface area contributed by atoms with E-state index in [1.54, 1.807) is 0 Å². The largest absolute Gasteiger partial charge is 0.416 e. The van der Waals surface area contributed by atoms with Crippen molar-refractivity contribution in [3.8, 4) is 0 Å². The Morgan fingerprint density at radius 2 is 2.00 bits per heavy atom. The number of rotatable bonds is 6. The summed E-state index contributed by atoms with van der Waals surface area (Å²) in [4.78, 5) is 0. The fourth-order valence-electron chi connectivity index (χ4n) is 1.32. The van der Waals surface area contributed by atoms with E-state index >= 15 is 0 Å². The van der Waals surface area contributed by atoms with Crippen molar-refractivity contribution in [3.63, 3.8) is 0 Å². The first kappa shape index (κ1) is 14.6. The van der Waals surface area contributed by atoms with Gasteiger partial charge in [-0.1, -0.05) is 0 Å². The molecule has 7 heteroatoms. The number of hydrogen-bond acceptors (Lipinski definition) is 4. The van der Waals surface area contributed by atoms with E-state index in [0.29, 0.717) is 18.8 Å². The van der Waals surface area contributed by atoms with Gasteiger partial charge in [0.1, 0.15) is 0 Å². The highest BCUT2D eigenvalue weighted by Crippen LogP contribution is 2.32. The van der Waals surface area contributed by atoms with Gasteiger partial charge >= 0.3 is 6.18 Å². The van der Waals surface area contributed by atoms with Crippen molar-refractivity contribution >= 4 is 11.4 Å². The minimum absolute atomic E-state index is 0.0342. The highest BCUT2D eigenvalue weighted by Gasteiger charge is 2.30. The predicted molar refractivity (Wildman–Crippen MR) is 62.3 cm³/mol. The average Bonchev–Trinajstić information content (AvgIpc) is 2.29. The Labute approximate surface area is 103 Å². The molecule has 0 aromatic heterocycles. The summed E-state index contributed by atoms with van der Waals surface area (Å²) < 4.78 is 42.1. The maximum absolute atomic E-state index is 12.4. The number of aliphatic hydroxyl groups is 1. The number of aliphatic hydroxyl groups excluding tert-OH is 1. The lowest BCUT2D eigenvalue weighted by molar-refractivity contribution is -0.137. The van der Waals surface area contributed by atoms with Crippen LogP contribution < -0.4 is 11.1 Å². The van der Waals surface area contributed by atoms with Crippen molar-refractivity contribution in [1.29, 1.82) is 0 Å². The summed E-state index contributed by atoms with van der Waals surface area (Å²) in [5.74, 6) is 0. The van der Waals surface area contributed by atoms with Gasteiger partial charge in [0.05, 0.1) is 36.8 Å². The molecule has 0 aliphatic heterocycles. The summed E-state index contributed by atoms with van der Waals surface area (Å²) in [5, 5.41) is 11.3. The zero-order chi connectivity index (χ0) is 13.6. The molecule has 1 rings (SSSR count). The average molecular weight is 264 g/mol. The van der Waals surface area contributed by atoms with Gasteiger partial charge in [-0.15, -0.1) is 0 Å². The number of nitrogens with one attached hydrogen (secondary N) is 1. The summed E-state index contributed by atoms with van der Waals surface area (Å²) in [6.45, 7) is 0.892. The second-order valence-corrected chi connectivity index (χ2v) is 3.56. The molecule has 1 aromatic rings. The third-order valence-corrected chi connectivity index (χ3v) is 2.18. The van der Waals surface area contributed by atoms with Crippen molar-refractivity contribution in [2.24, 2.45) is 0 Å². The number of benzene rings is 1. The quantitative estimate of drug-likeness (QED) is 0.540. The fourth-order valence-corrected chi connectivity index (χ4v) is 1.32. The molecule has 18 heavy (non-hydrogen) atoms. The number of halogens is 3. The second-order valence-electron chi connectivity index (χ2n) is 3.56. The molecular weight excluding hydrogens is 249 g/mol. The molecule has 4 N–H and O–H groups in total. The Bertz CT molecular complexity index is 383. The fraction of sp³-hybridized carbons (Fsp3) is 0.455. The Morgan fingerprint density at radius 1 is 1.28 bits per heavy atom. The maximum Gasteiger partial charge on any atom is 0.416 e. The van der Waals surface area contributed by atoms with Gasteiger partial charge in [0, 0.05) is 6.54 Å². The highest BCUT2D eigenvalue weighted by molar-refractivity contribution is 5.67. The standard InChI is InChI=1S/C11H15F3N2O2/c12-11(13,14)8-1-2-10(9(15)7-8)16-3-5-18-6-4-17/h1-2,7,16-17H,3-6,15H2. The molecule has 102 valence electrons. The Hall–Kier alpha value is -1.47. The van der Waals surface area contributed by atoms with Gasteiger partial charge in [-0.05, 0) is 18.2 Å². The summed E-state index contributed by atoms with van der Waals surface area (Å²) in [5.41, 5.74) is 5.20. The van der Waals surface area contributed by atoms with Crippen LogP contribution in [0, 0.1) is 0 Å². The molecule has 0 spiro atoms. The zero-order valence-corrected chi connectivity index (χ0v) is 9.63. The van der Waals surface area contributed by atoms with Crippen LogP contribution in [0.5, 0.6) is 0 Å². The van der Waals surface area contributed by atoms with Gasteiger partial charge in [0.15, 0.2) is 0 Å². The topological polar surface area (TPSA) is 67.5 Å². The molecule has 4 nitrogen and oxygen atoms in total. The van der Waals surface area contributed by atoms with E-state index < -0.39 is 11.7 Å². The zero-order valence-electron chi connectivity index (χ0n) is 9.63. The molecule has 0 unspecified atom stereocenters. The number of alkyl halides is 3. The van der Waals surface area contributed by atoms with Crippen LogP contribution in [0.1, 0.15) is 5.56 Å². The van der Waals surface area contributed by atoms with Gasteiger partial charge < -0.3 is 20.9 Å². The number of nitrogen functional groups attached to an aromatic ring is 1. The molecule has 0 saturated heterocycles. The predicted octanol–water partition coefficient (Wildman–Crippen LogP) is 1.71. The number of nitrogens with two attached hydrogens (primary N) is 1. The maximum atomic E-state index is 12.4. The van der Waals surface area contributed by atoms with Crippen LogP contribution >= 0.6 is 0 Å². The van der Waals surface area contributed by atoms with Crippen molar-refractivity contribution < 1.29 is 23.0 Å². The molecule has 0 bridgehead atoms.